The molecule has 0 N–H and O–H groups in total. The smallest absolute Gasteiger partial charge is 0.244 e. The molecule has 1 aromatic rings. The van der Waals surface area contributed by atoms with E-state index in [-0.39, 0.29) is 0 Å². The lowest BCUT2D eigenvalue weighted by atomic mass is 10.2. The van der Waals surface area contributed by atoms with E-state index in [1.165, 1.54) is 0 Å². The number of aryl methyl sites for hydroxylation is 1. The first-order valence-electron chi connectivity index (χ1n) is 6.93. The predicted molar refractivity (Wildman–Crippen MR) is 92.0 cm³/mol. The molecule has 1 aliphatic heterocycles. The molecule has 0 amide bonds. The number of hydrogen-bond acceptors (Lipinski definition) is 3. The first kappa shape index (κ1) is 17.4. The standard InChI is InChI=1S/C14H20Br2N2O2S/c1-10(2)17-4-6-18(7-5-17)21(19,20)14-9-12(15)11(3)8-13(14)16/h8-10H,4-7H2,1-3H3. The summed E-state index contributed by atoms with van der Waals surface area (Å²) in [5, 5.41) is 0. The highest BCUT2D eigenvalue weighted by atomic mass is 79.9. The molecule has 0 aliphatic carbocycles. The maximum absolute atomic E-state index is 12.8. The van der Waals surface area contributed by atoms with E-state index in [4.69, 9.17) is 0 Å². The molecule has 4 nitrogen and oxygen atoms in total. The van der Waals surface area contributed by atoms with Crippen molar-refractivity contribution in [3.05, 3.63) is 26.6 Å². The number of nitrogens with zero attached hydrogens (tertiary/aromatic N) is 2. The molecule has 1 aliphatic rings. The van der Waals surface area contributed by atoms with Crippen molar-refractivity contribution in [2.24, 2.45) is 0 Å². The lowest BCUT2D eigenvalue weighted by Gasteiger charge is -2.36. The second-order valence-corrected chi connectivity index (χ2v) is 9.18. The van der Waals surface area contributed by atoms with Crippen molar-refractivity contribution in [3.8, 4) is 0 Å². The summed E-state index contributed by atoms with van der Waals surface area (Å²) in [6.07, 6.45) is 0. The summed E-state index contributed by atoms with van der Waals surface area (Å²) in [6.45, 7) is 8.85. The van der Waals surface area contributed by atoms with Gasteiger partial charge in [-0.05, 0) is 54.4 Å². The number of halogens is 2. The molecule has 0 spiro atoms. The van der Waals surface area contributed by atoms with Gasteiger partial charge in [-0.15, -0.1) is 0 Å². The molecular weight excluding hydrogens is 420 g/mol. The highest BCUT2D eigenvalue weighted by molar-refractivity contribution is 9.11. The van der Waals surface area contributed by atoms with Crippen LogP contribution in [0.2, 0.25) is 0 Å². The van der Waals surface area contributed by atoms with Crippen LogP contribution in [0.25, 0.3) is 0 Å². The van der Waals surface area contributed by atoms with Crippen molar-refractivity contribution in [1.82, 2.24) is 9.21 Å². The van der Waals surface area contributed by atoms with Gasteiger partial charge in [-0.1, -0.05) is 15.9 Å². The second-order valence-electron chi connectivity index (χ2n) is 5.57. The monoisotopic (exact) mass is 438 g/mol. The summed E-state index contributed by atoms with van der Waals surface area (Å²) in [4.78, 5) is 2.63. The van der Waals surface area contributed by atoms with Crippen molar-refractivity contribution < 1.29 is 8.42 Å². The van der Waals surface area contributed by atoms with Gasteiger partial charge < -0.3 is 0 Å². The Morgan fingerprint density at radius 3 is 2.14 bits per heavy atom. The Balaban J connectivity index is 2.26. The summed E-state index contributed by atoms with van der Waals surface area (Å²) in [7, 11) is -3.45. The average Bonchev–Trinajstić information content (AvgIpc) is 2.42. The van der Waals surface area contributed by atoms with Crippen LogP contribution in [-0.4, -0.2) is 49.8 Å². The zero-order valence-corrected chi connectivity index (χ0v) is 16.4. The van der Waals surface area contributed by atoms with Crippen LogP contribution in [-0.2, 0) is 10.0 Å². The van der Waals surface area contributed by atoms with E-state index in [1.807, 2.05) is 13.0 Å². The number of rotatable bonds is 3. The Labute approximate surface area is 143 Å². The molecule has 21 heavy (non-hydrogen) atoms. The van der Waals surface area contributed by atoms with Crippen molar-refractivity contribution in [2.45, 2.75) is 31.7 Å². The van der Waals surface area contributed by atoms with E-state index in [2.05, 4.69) is 50.6 Å². The molecule has 1 saturated heterocycles. The normalized spacial score (nSPS) is 18.4. The molecule has 118 valence electrons. The van der Waals surface area contributed by atoms with Gasteiger partial charge in [-0.25, -0.2) is 8.42 Å². The quantitative estimate of drug-likeness (QED) is 0.725. The molecule has 0 bridgehead atoms. The van der Waals surface area contributed by atoms with E-state index in [0.29, 0.717) is 28.5 Å². The third kappa shape index (κ3) is 3.69. The Kier molecular flexibility index (Phi) is 5.52. The lowest BCUT2D eigenvalue weighted by Crippen LogP contribution is -2.50. The highest BCUT2D eigenvalue weighted by Gasteiger charge is 2.30. The fourth-order valence-corrected chi connectivity index (χ4v) is 5.49. The maximum atomic E-state index is 12.8. The molecule has 0 unspecified atom stereocenters. The predicted octanol–water partition coefficient (Wildman–Crippen LogP) is 3.23. The fourth-order valence-electron chi connectivity index (χ4n) is 2.43. The maximum Gasteiger partial charge on any atom is 0.244 e. The number of hydrogen-bond donors (Lipinski definition) is 0. The Bertz CT molecular complexity index is 624. The van der Waals surface area contributed by atoms with Gasteiger partial charge in [0.15, 0.2) is 0 Å². The van der Waals surface area contributed by atoms with Gasteiger partial charge in [0.25, 0.3) is 0 Å². The zero-order chi connectivity index (χ0) is 15.8. The number of piperazine rings is 1. The molecule has 1 aromatic carbocycles. The third-order valence-corrected chi connectivity index (χ3v) is 7.55. The van der Waals surface area contributed by atoms with E-state index >= 15 is 0 Å². The fraction of sp³-hybridized carbons (Fsp3) is 0.571. The van der Waals surface area contributed by atoms with Gasteiger partial charge in [0, 0.05) is 41.2 Å². The number of sulfonamides is 1. The van der Waals surface area contributed by atoms with Gasteiger partial charge in [-0.3, -0.25) is 4.90 Å². The molecule has 0 saturated carbocycles. The number of benzene rings is 1. The van der Waals surface area contributed by atoms with Crippen molar-refractivity contribution >= 4 is 41.9 Å². The summed E-state index contributed by atoms with van der Waals surface area (Å²) in [5.74, 6) is 0. The van der Waals surface area contributed by atoms with Crippen molar-refractivity contribution in [3.63, 3.8) is 0 Å². The van der Waals surface area contributed by atoms with E-state index in [9.17, 15) is 8.42 Å². The molecule has 7 heteroatoms. The topological polar surface area (TPSA) is 40.6 Å². The summed E-state index contributed by atoms with van der Waals surface area (Å²) >= 11 is 6.80. The molecule has 0 aromatic heterocycles. The Morgan fingerprint density at radius 2 is 1.62 bits per heavy atom. The molecular formula is C14H20Br2N2O2S. The summed E-state index contributed by atoms with van der Waals surface area (Å²) < 4.78 is 28.6. The Morgan fingerprint density at radius 1 is 1.05 bits per heavy atom. The van der Waals surface area contributed by atoms with Crippen LogP contribution in [0.4, 0.5) is 0 Å². The summed E-state index contributed by atoms with van der Waals surface area (Å²) in [6, 6.07) is 3.97. The minimum atomic E-state index is -3.45. The van der Waals surface area contributed by atoms with Gasteiger partial charge in [0.05, 0.1) is 4.90 Å². The SMILES string of the molecule is Cc1cc(Br)c(S(=O)(=O)N2CCN(C(C)C)CC2)cc1Br. The lowest BCUT2D eigenvalue weighted by molar-refractivity contribution is 0.154. The molecule has 1 heterocycles. The molecule has 0 atom stereocenters. The average molecular weight is 440 g/mol. The molecule has 2 rings (SSSR count). The first-order chi connectivity index (χ1) is 9.73. The van der Waals surface area contributed by atoms with Crippen LogP contribution in [0.3, 0.4) is 0 Å². The minimum Gasteiger partial charge on any atom is -0.298 e. The first-order valence-corrected chi connectivity index (χ1v) is 9.96. The van der Waals surface area contributed by atoms with Crippen LogP contribution in [0, 0.1) is 6.92 Å². The van der Waals surface area contributed by atoms with Gasteiger partial charge >= 0.3 is 0 Å². The van der Waals surface area contributed by atoms with Crippen LogP contribution in [0.15, 0.2) is 26.0 Å². The minimum absolute atomic E-state index is 0.331. The Hall–Kier alpha value is 0.0500. The molecule has 0 radical (unpaired) electrons. The molecule has 1 fully saturated rings. The largest absolute Gasteiger partial charge is 0.298 e. The van der Waals surface area contributed by atoms with Gasteiger partial charge in [0.2, 0.25) is 10.0 Å². The van der Waals surface area contributed by atoms with Crippen LogP contribution < -0.4 is 0 Å². The van der Waals surface area contributed by atoms with E-state index in [1.54, 1.807) is 10.4 Å². The van der Waals surface area contributed by atoms with Gasteiger partial charge in [0.1, 0.15) is 0 Å². The van der Waals surface area contributed by atoms with Crippen molar-refractivity contribution in [2.75, 3.05) is 26.2 Å². The van der Waals surface area contributed by atoms with Crippen LogP contribution >= 0.6 is 31.9 Å². The van der Waals surface area contributed by atoms with E-state index < -0.39 is 10.0 Å². The summed E-state index contributed by atoms with van der Waals surface area (Å²) in [5.41, 5.74) is 1.01. The zero-order valence-electron chi connectivity index (χ0n) is 12.4. The van der Waals surface area contributed by atoms with E-state index in [0.717, 1.165) is 23.1 Å². The highest BCUT2D eigenvalue weighted by Crippen LogP contribution is 2.31. The van der Waals surface area contributed by atoms with Crippen LogP contribution in [0.5, 0.6) is 0 Å². The van der Waals surface area contributed by atoms with Gasteiger partial charge in [-0.2, -0.15) is 4.31 Å². The second kappa shape index (κ2) is 6.66. The third-order valence-electron chi connectivity index (χ3n) is 3.83. The van der Waals surface area contributed by atoms with Crippen LogP contribution in [0.1, 0.15) is 19.4 Å². The van der Waals surface area contributed by atoms with Crippen molar-refractivity contribution in [1.29, 1.82) is 0 Å².